The molecule has 2 N–H and O–H groups in total. The van der Waals surface area contributed by atoms with Crippen molar-refractivity contribution in [1.82, 2.24) is 10.1 Å². The second kappa shape index (κ2) is 14.3. The SMILES string of the molecule is COc1ccc(CCc2ccc(F)cc2C=CC(CCc2ccc(C(=O)O)cc2)Cc2ccc(-c3noc(=O)[nH]3)cc2)cc1. The van der Waals surface area contributed by atoms with Crippen molar-refractivity contribution in [1.29, 1.82) is 0 Å². The third kappa shape index (κ3) is 8.19. The number of aromatic carboxylic acids is 1. The monoisotopic (exact) mass is 592 g/mol. The number of nitrogens with zero attached hydrogens (tertiary/aromatic N) is 1. The molecule has 0 aliphatic rings. The molecule has 7 nitrogen and oxygen atoms in total. The fourth-order valence-corrected chi connectivity index (χ4v) is 5.15. The summed E-state index contributed by atoms with van der Waals surface area (Å²) < 4.78 is 24.3. The predicted molar refractivity (Wildman–Crippen MR) is 167 cm³/mol. The quantitative estimate of drug-likeness (QED) is 0.150. The molecular formula is C36H33FN2O5. The van der Waals surface area contributed by atoms with Gasteiger partial charge in [-0.2, -0.15) is 0 Å². The Kier molecular flexibility index (Phi) is 9.81. The van der Waals surface area contributed by atoms with E-state index in [1.54, 1.807) is 25.3 Å². The van der Waals surface area contributed by atoms with E-state index in [4.69, 9.17) is 4.74 Å². The third-order valence-corrected chi connectivity index (χ3v) is 7.67. The number of aryl methyl sites for hydroxylation is 3. The van der Waals surface area contributed by atoms with Crippen LogP contribution in [0.15, 0.2) is 106 Å². The van der Waals surface area contributed by atoms with E-state index >= 15 is 0 Å². The second-order valence-corrected chi connectivity index (χ2v) is 10.7. The number of hydrogen-bond acceptors (Lipinski definition) is 5. The summed E-state index contributed by atoms with van der Waals surface area (Å²) in [6, 6.07) is 27.6. The molecule has 44 heavy (non-hydrogen) atoms. The largest absolute Gasteiger partial charge is 0.497 e. The zero-order valence-electron chi connectivity index (χ0n) is 24.3. The molecule has 1 heterocycles. The molecule has 5 aromatic rings. The van der Waals surface area contributed by atoms with E-state index in [0.29, 0.717) is 5.82 Å². The van der Waals surface area contributed by atoms with Crippen molar-refractivity contribution >= 4 is 12.0 Å². The van der Waals surface area contributed by atoms with E-state index in [1.807, 2.05) is 72.8 Å². The van der Waals surface area contributed by atoms with Gasteiger partial charge in [0.05, 0.1) is 12.7 Å². The molecule has 1 unspecified atom stereocenters. The molecule has 8 heteroatoms. The van der Waals surface area contributed by atoms with Crippen molar-refractivity contribution in [2.24, 2.45) is 5.92 Å². The summed E-state index contributed by atoms with van der Waals surface area (Å²) in [5.41, 5.74) is 6.22. The summed E-state index contributed by atoms with van der Waals surface area (Å²) >= 11 is 0. The normalized spacial score (nSPS) is 12.0. The van der Waals surface area contributed by atoms with Gasteiger partial charge in [-0.15, -0.1) is 0 Å². The van der Waals surface area contributed by atoms with Crippen molar-refractivity contribution < 1.29 is 23.6 Å². The minimum absolute atomic E-state index is 0.115. The Morgan fingerprint density at radius 2 is 1.61 bits per heavy atom. The highest BCUT2D eigenvalue weighted by Gasteiger charge is 2.11. The van der Waals surface area contributed by atoms with Gasteiger partial charge in [-0.1, -0.05) is 71.9 Å². The lowest BCUT2D eigenvalue weighted by Crippen LogP contribution is -2.05. The summed E-state index contributed by atoms with van der Waals surface area (Å²) in [7, 11) is 1.64. The number of carboxylic acids is 1. The first-order valence-electron chi connectivity index (χ1n) is 14.4. The number of aromatic amines is 1. The Bertz CT molecular complexity index is 1770. The third-order valence-electron chi connectivity index (χ3n) is 7.67. The number of carboxylic acid groups (broad SMARTS) is 1. The summed E-state index contributed by atoms with van der Waals surface area (Å²) in [4.78, 5) is 25.2. The topological polar surface area (TPSA) is 105 Å². The van der Waals surface area contributed by atoms with E-state index in [-0.39, 0.29) is 17.3 Å². The lowest BCUT2D eigenvalue weighted by molar-refractivity contribution is 0.0697. The van der Waals surface area contributed by atoms with E-state index in [9.17, 15) is 19.1 Å². The first-order valence-corrected chi connectivity index (χ1v) is 14.4. The molecule has 0 bridgehead atoms. The molecule has 1 aromatic heterocycles. The number of benzene rings is 4. The molecule has 4 aromatic carbocycles. The predicted octanol–water partition coefficient (Wildman–Crippen LogP) is 7.17. The van der Waals surface area contributed by atoms with Gasteiger partial charge in [-0.25, -0.2) is 14.0 Å². The highest BCUT2D eigenvalue weighted by atomic mass is 19.1. The van der Waals surface area contributed by atoms with E-state index < -0.39 is 11.7 Å². The number of hydrogen-bond donors (Lipinski definition) is 2. The molecular weight excluding hydrogens is 559 g/mol. The van der Waals surface area contributed by atoms with Crippen LogP contribution < -0.4 is 10.5 Å². The molecule has 0 fully saturated rings. The fourth-order valence-electron chi connectivity index (χ4n) is 5.15. The smallest absolute Gasteiger partial charge is 0.439 e. The maximum atomic E-state index is 14.4. The maximum absolute atomic E-state index is 14.4. The van der Waals surface area contributed by atoms with Crippen molar-refractivity contribution in [2.45, 2.75) is 32.1 Å². The number of aromatic nitrogens is 2. The van der Waals surface area contributed by atoms with Gasteiger partial charge in [0, 0.05) is 5.56 Å². The Morgan fingerprint density at radius 1 is 0.932 bits per heavy atom. The molecule has 5 rings (SSSR count). The number of nitrogens with one attached hydrogen (secondary N) is 1. The molecule has 0 aliphatic carbocycles. The number of ether oxygens (including phenoxy) is 1. The maximum Gasteiger partial charge on any atom is 0.439 e. The van der Waals surface area contributed by atoms with E-state index in [1.165, 1.54) is 11.6 Å². The van der Waals surface area contributed by atoms with Gasteiger partial charge in [-0.3, -0.25) is 9.51 Å². The lowest BCUT2D eigenvalue weighted by Gasteiger charge is -2.15. The highest BCUT2D eigenvalue weighted by molar-refractivity contribution is 5.87. The highest BCUT2D eigenvalue weighted by Crippen LogP contribution is 2.23. The Morgan fingerprint density at radius 3 is 2.27 bits per heavy atom. The average Bonchev–Trinajstić information content (AvgIpc) is 3.48. The van der Waals surface area contributed by atoms with Gasteiger partial charge in [-0.05, 0) is 102 Å². The number of H-pyrrole nitrogens is 1. The lowest BCUT2D eigenvalue weighted by atomic mass is 9.90. The molecule has 0 spiro atoms. The number of allylic oxidation sites excluding steroid dienone is 1. The number of halogens is 1. The van der Waals surface area contributed by atoms with Crippen LogP contribution in [0.2, 0.25) is 0 Å². The van der Waals surface area contributed by atoms with Gasteiger partial charge in [0.25, 0.3) is 0 Å². The Labute approximate surface area is 254 Å². The molecule has 0 saturated carbocycles. The molecule has 0 radical (unpaired) electrons. The standard InChI is InChI=1S/C36H33FN2O5/c1-43-33-20-10-25(11-21-33)4-12-28-18-19-32(37)23-31(28)17-9-26(3-2-24-5-15-30(16-6-24)35(40)41)22-27-7-13-29(14-8-27)34-38-36(42)44-39-34/h5-11,13-21,23,26H,2-4,12,22H2,1H3,(H,40,41)(H,38,39,42). The van der Waals surface area contributed by atoms with Crippen molar-refractivity contribution in [2.75, 3.05) is 7.11 Å². The van der Waals surface area contributed by atoms with Crippen molar-refractivity contribution in [3.8, 4) is 17.1 Å². The summed E-state index contributed by atoms with van der Waals surface area (Å²) in [5, 5.41) is 13.0. The first kappa shape index (κ1) is 30.2. The zero-order valence-corrected chi connectivity index (χ0v) is 24.3. The minimum Gasteiger partial charge on any atom is -0.497 e. The van der Waals surface area contributed by atoms with Gasteiger partial charge < -0.3 is 9.84 Å². The van der Waals surface area contributed by atoms with Crippen LogP contribution in [0.4, 0.5) is 4.39 Å². The number of methoxy groups -OCH3 is 1. The Hall–Kier alpha value is -5.24. The molecule has 1 atom stereocenters. The van der Waals surface area contributed by atoms with Crippen LogP contribution in [0.25, 0.3) is 17.5 Å². The van der Waals surface area contributed by atoms with E-state index in [2.05, 4.69) is 20.7 Å². The summed E-state index contributed by atoms with van der Waals surface area (Å²) in [6.07, 6.45) is 8.02. The van der Waals surface area contributed by atoms with Gasteiger partial charge in [0.15, 0.2) is 5.82 Å². The average molecular weight is 593 g/mol. The van der Waals surface area contributed by atoms with Gasteiger partial charge >= 0.3 is 11.7 Å². The van der Waals surface area contributed by atoms with Gasteiger partial charge in [0.1, 0.15) is 11.6 Å². The van der Waals surface area contributed by atoms with E-state index in [0.717, 1.165) is 65.7 Å². The number of carbonyl (C=O) groups is 1. The van der Waals surface area contributed by atoms with Gasteiger partial charge in [0.2, 0.25) is 0 Å². The second-order valence-electron chi connectivity index (χ2n) is 10.7. The first-order chi connectivity index (χ1) is 21.4. The van der Waals surface area contributed by atoms with Crippen LogP contribution in [0.3, 0.4) is 0 Å². The molecule has 0 saturated heterocycles. The minimum atomic E-state index is -0.951. The summed E-state index contributed by atoms with van der Waals surface area (Å²) in [6.45, 7) is 0. The summed E-state index contributed by atoms with van der Waals surface area (Å²) in [5.74, 6) is -0.541. The van der Waals surface area contributed by atoms with Crippen LogP contribution in [-0.2, 0) is 25.7 Å². The van der Waals surface area contributed by atoms with Crippen LogP contribution in [0.5, 0.6) is 5.75 Å². The van der Waals surface area contributed by atoms with Crippen LogP contribution >= 0.6 is 0 Å². The molecule has 0 aliphatic heterocycles. The van der Waals surface area contributed by atoms with Crippen LogP contribution in [-0.4, -0.2) is 28.3 Å². The Balaban J connectivity index is 1.34. The van der Waals surface area contributed by atoms with Crippen molar-refractivity contribution in [3.63, 3.8) is 0 Å². The van der Waals surface area contributed by atoms with Crippen molar-refractivity contribution in [3.05, 3.63) is 147 Å². The fraction of sp³-hybridized carbons (Fsp3) is 0.194. The molecule has 0 amide bonds. The molecule has 224 valence electrons. The number of rotatable bonds is 13. The van der Waals surface area contributed by atoms with Crippen LogP contribution in [0.1, 0.15) is 44.6 Å². The van der Waals surface area contributed by atoms with Crippen LogP contribution in [0, 0.1) is 11.7 Å². The zero-order chi connectivity index (χ0) is 30.9.